The molecule has 0 radical (unpaired) electrons. The summed E-state index contributed by atoms with van der Waals surface area (Å²) in [6.45, 7) is 3.15. The first-order chi connectivity index (χ1) is 18.0. The number of methoxy groups -OCH3 is 1. The van der Waals surface area contributed by atoms with E-state index in [1.54, 1.807) is 26.0 Å². The van der Waals surface area contributed by atoms with Crippen molar-refractivity contribution >= 4 is 24.1 Å². The van der Waals surface area contributed by atoms with E-state index in [0.717, 1.165) is 12.1 Å². The number of halogens is 3. The Kier molecular flexibility index (Phi) is 8.94. The number of ether oxygens (including phenoxy) is 3. The molecule has 1 aliphatic heterocycles. The third-order valence-corrected chi connectivity index (χ3v) is 5.28. The van der Waals surface area contributed by atoms with Gasteiger partial charge in [-0.25, -0.2) is 15.0 Å². The lowest BCUT2D eigenvalue weighted by molar-refractivity contribution is -0.138. The van der Waals surface area contributed by atoms with Crippen LogP contribution < -0.4 is 25.5 Å². The van der Waals surface area contributed by atoms with Crippen LogP contribution in [-0.2, 0) is 20.5 Å². The van der Waals surface area contributed by atoms with E-state index < -0.39 is 42.3 Å². The fraction of sp³-hybridized carbons (Fsp3) is 0.280. The number of benzene rings is 2. The zero-order valence-corrected chi connectivity index (χ0v) is 20.6. The number of esters is 1. The molecular weight excluding hydrogens is 509 g/mol. The summed E-state index contributed by atoms with van der Waals surface area (Å²) in [5.41, 5.74) is 2.86. The van der Waals surface area contributed by atoms with E-state index in [0.29, 0.717) is 16.8 Å². The molecule has 13 heteroatoms. The average Bonchev–Trinajstić information content (AvgIpc) is 2.87. The summed E-state index contributed by atoms with van der Waals surface area (Å²) in [6.07, 6.45) is -3.25. The lowest BCUT2D eigenvalue weighted by Crippen LogP contribution is -2.45. The minimum Gasteiger partial charge on any atom is -0.490 e. The van der Waals surface area contributed by atoms with Crippen LogP contribution in [0.15, 0.2) is 58.8 Å². The van der Waals surface area contributed by atoms with Crippen LogP contribution in [0.2, 0.25) is 0 Å². The second kappa shape index (κ2) is 12.1. The highest BCUT2D eigenvalue weighted by atomic mass is 19.4. The number of allylic oxidation sites excluding steroid dienone is 1. The van der Waals surface area contributed by atoms with Crippen molar-refractivity contribution < 1.29 is 41.8 Å². The minimum atomic E-state index is -4.44. The molecule has 0 saturated carbocycles. The molecule has 0 fully saturated rings. The molecule has 1 heterocycles. The van der Waals surface area contributed by atoms with Gasteiger partial charge in [-0.2, -0.15) is 18.3 Å². The lowest BCUT2D eigenvalue weighted by atomic mass is 9.95. The molecule has 1 aliphatic rings. The number of amides is 3. The quantitative estimate of drug-likeness (QED) is 0.257. The number of hydrazone groups is 1. The van der Waals surface area contributed by atoms with Crippen LogP contribution in [-0.4, -0.2) is 44.4 Å². The molecule has 0 saturated heterocycles. The van der Waals surface area contributed by atoms with Crippen LogP contribution in [0.25, 0.3) is 0 Å². The molecule has 1 atom stereocenters. The number of nitrogens with one attached hydrogen (secondary N) is 3. The van der Waals surface area contributed by atoms with E-state index in [2.05, 4.69) is 21.2 Å². The number of rotatable bonds is 9. The van der Waals surface area contributed by atoms with Crippen molar-refractivity contribution in [3.05, 3.63) is 70.4 Å². The Bertz CT molecular complexity index is 1260. The Morgan fingerprint density at radius 1 is 1.11 bits per heavy atom. The van der Waals surface area contributed by atoms with Crippen LogP contribution in [0.4, 0.5) is 18.0 Å². The number of carbonyl (C=O) groups excluding carboxylic acids is 3. The van der Waals surface area contributed by atoms with Crippen molar-refractivity contribution in [2.24, 2.45) is 5.10 Å². The fourth-order valence-electron chi connectivity index (χ4n) is 3.53. The molecule has 0 bridgehead atoms. The van der Waals surface area contributed by atoms with E-state index in [4.69, 9.17) is 14.2 Å². The third kappa shape index (κ3) is 7.02. The molecule has 3 amide bonds. The first-order valence-electron chi connectivity index (χ1n) is 11.3. The van der Waals surface area contributed by atoms with Crippen molar-refractivity contribution in [3.63, 3.8) is 0 Å². The average molecular weight is 534 g/mol. The first-order valence-corrected chi connectivity index (χ1v) is 11.3. The second-order valence-electron chi connectivity index (χ2n) is 7.90. The van der Waals surface area contributed by atoms with Gasteiger partial charge in [0.2, 0.25) is 0 Å². The lowest BCUT2D eigenvalue weighted by Gasteiger charge is -2.28. The summed E-state index contributed by atoms with van der Waals surface area (Å²) in [5, 5.41) is 8.92. The van der Waals surface area contributed by atoms with Crippen LogP contribution in [0.3, 0.4) is 0 Å². The monoisotopic (exact) mass is 534 g/mol. The van der Waals surface area contributed by atoms with Gasteiger partial charge in [-0.1, -0.05) is 18.2 Å². The molecule has 3 rings (SSSR count). The molecule has 0 aliphatic carbocycles. The molecule has 3 N–H and O–H groups in total. The Hall–Kier alpha value is -4.55. The van der Waals surface area contributed by atoms with Crippen LogP contribution in [0.1, 0.15) is 36.6 Å². The number of alkyl halides is 3. The molecule has 202 valence electrons. The number of nitrogens with zero attached hydrogens (tertiary/aromatic N) is 1. The van der Waals surface area contributed by atoms with Crippen molar-refractivity contribution in [1.82, 2.24) is 16.1 Å². The number of urea groups is 1. The predicted octanol–water partition coefficient (Wildman–Crippen LogP) is 3.43. The van der Waals surface area contributed by atoms with Crippen LogP contribution in [0.5, 0.6) is 11.5 Å². The maximum atomic E-state index is 12.6. The smallest absolute Gasteiger partial charge is 0.416 e. The molecule has 2 aromatic rings. The van der Waals surface area contributed by atoms with E-state index in [1.165, 1.54) is 31.5 Å². The van der Waals surface area contributed by atoms with Gasteiger partial charge in [-0.15, -0.1) is 0 Å². The van der Waals surface area contributed by atoms with Gasteiger partial charge in [0.25, 0.3) is 5.91 Å². The Balaban J connectivity index is 1.67. The molecule has 0 unspecified atom stereocenters. The molecule has 0 aromatic heterocycles. The largest absolute Gasteiger partial charge is 0.490 e. The molecule has 38 heavy (non-hydrogen) atoms. The summed E-state index contributed by atoms with van der Waals surface area (Å²) >= 11 is 0. The number of hydrogen-bond donors (Lipinski definition) is 3. The highest BCUT2D eigenvalue weighted by molar-refractivity contribution is 5.95. The van der Waals surface area contributed by atoms with Crippen LogP contribution in [0, 0.1) is 0 Å². The highest BCUT2D eigenvalue weighted by Crippen LogP contribution is 2.35. The van der Waals surface area contributed by atoms with Gasteiger partial charge in [0, 0.05) is 5.70 Å². The van der Waals surface area contributed by atoms with Gasteiger partial charge in [0.15, 0.2) is 18.1 Å². The molecule has 10 nitrogen and oxygen atoms in total. The third-order valence-electron chi connectivity index (χ3n) is 5.28. The Labute approximate surface area is 215 Å². The van der Waals surface area contributed by atoms with Gasteiger partial charge in [-0.3, -0.25) is 4.79 Å². The van der Waals surface area contributed by atoms with Crippen molar-refractivity contribution in [2.75, 3.05) is 20.3 Å². The zero-order valence-electron chi connectivity index (χ0n) is 20.6. The maximum Gasteiger partial charge on any atom is 0.416 e. The van der Waals surface area contributed by atoms with Crippen molar-refractivity contribution in [1.29, 1.82) is 0 Å². The summed E-state index contributed by atoms with van der Waals surface area (Å²) in [5.74, 6) is -0.762. The van der Waals surface area contributed by atoms with Crippen molar-refractivity contribution in [2.45, 2.75) is 26.1 Å². The summed E-state index contributed by atoms with van der Waals surface area (Å²) < 4.78 is 53.9. The van der Waals surface area contributed by atoms with Gasteiger partial charge in [0.05, 0.1) is 37.1 Å². The minimum absolute atomic E-state index is 0.216. The van der Waals surface area contributed by atoms with Gasteiger partial charge in [0.1, 0.15) is 0 Å². The van der Waals surface area contributed by atoms with E-state index in [1.807, 2.05) is 0 Å². The normalized spacial score (nSPS) is 15.5. The number of carbonyl (C=O) groups is 3. The maximum absolute atomic E-state index is 12.6. The standard InChI is InChI=1S/C25H25F3N4O6/c1-4-37-19-11-16(22-21(23(34)36-3)14(2)30-24(35)31-22)7-10-18(19)38-13-20(33)32-29-12-15-5-8-17(9-6-15)25(26,27)28/h5-12,22H,4,13H2,1-3H3,(H,32,33)(H2,30,31,35)/b29-12-/t22-/m1/s1. The number of hydrogen-bond acceptors (Lipinski definition) is 7. The summed E-state index contributed by atoms with van der Waals surface area (Å²) in [4.78, 5) is 36.5. The fourth-order valence-corrected chi connectivity index (χ4v) is 3.53. The van der Waals surface area contributed by atoms with E-state index >= 15 is 0 Å². The molecule has 0 spiro atoms. The molecule has 2 aromatic carbocycles. The SMILES string of the molecule is CCOc1cc([C@H]2NC(=O)NC(C)=C2C(=O)OC)ccc1OCC(=O)N/N=C\c1ccc(C(F)(F)F)cc1. The molecular formula is C25H25F3N4O6. The zero-order chi connectivity index (χ0) is 27.9. The highest BCUT2D eigenvalue weighted by Gasteiger charge is 2.32. The van der Waals surface area contributed by atoms with E-state index in [-0.39, 0.29) is 23.7 Å². The van der Waals surface area contributed by atoms with Crippen LogP contribution >= 0.6 is 0 Å². The van der Waals surface area contributed by atoms with Gasteiger partial charge in [-0.05, 0) is 49.2 Å². The van der Waals surface area contributed by atoms with Gasteiger partial charge >= 0.3 is 18.2 Å². The van der Waals surface area contributed by atoms with E-state index in [9.17, 15) is 27.6 Å². The summed E-state index contributed by atoms with van der Waals surface area (Å²) in [6, 6.07) is 7.65. The Morgan fingerprint density at radius 3 is 2.45 bits per heavy atom. The topological polar surface area (TPSA) is 127 Å². The Morgan fingerprint density at radius 2 is 1.82 bits per heavy atom. The summed E-state index contributed by atoms with van der Waals surface area (Å²) in [7, 11) is 1.23. The first kappa shape index (κ1) is 28.0. The van der Waals surface area contributed by atoms with Crippen molar-refractivity contribution in [3.8, 4) is 11.5 Å². The predicted molar refractivity (Wildman–Crippen MR) is 129 cm³/mol. The second-order valence-corrected chi connectivity index (χ2v) is 7.90. The van der Waals surface area contributed by atoms with Gasteiger partial charge < -0.3 is 24.8 Å².